The number of ether oxygens (including phenoxy) is 1. The van der Waals surface area contributed by atoms with Crippen LogP contribution in [0.4, 0.5) is 5.69 Å². The van der Waals surface area contributed by atoms with Gasteiger partial charge in [0.05, 0.1) is 23.0 Å². The molecular formula is C23H22N4O2S. The van der Waals surface area contributed by atoms with Crippen molar-refractivity contribution in [1.29, 1.82) is 0 Å². The number of imidazole rings is 1. The average molecular weight is 419 g/mol. The van der Waals surface area contributed by atoms with Gasteiger partial charge in [0.2, 0.25) is 5.91 Å². The summed E-state index contributed by atoms with van der Waals surface area (Å²) in [5.74, 6) is 2.95. The first-order chi connectivity index (χ1) is 14.6. The van der Waals surface area contributed by atoms with Crippen molar-refractivity contribution in [2.75, 3.05) is 11.6 Å². The molecule has 0 saturated carbocycles. The SMILES string of the molecule is CSCc1nc2ccccc2n1CC(=O)Nc1ccc(Oc2cccnc2)c(C)c1. The van der Waals surface area contributed by atoms with Crippen molar-refractivity contribution in [2.24, 2.45) is 0 Å². The standard InChI is InChI=1S/C23H22N4O2S/c1-16-12-17(9-10-21(16)29-18-6-5-11-24-13-18)25-23(28)14-27-20-8-4-3-7-19(20)26-22(27)15-30-2/h3-13H,14-15H2,1-2H3,(H,25,28). The molecule has 4 rings (SSSR count). The summed E-state index contributed by atoms with van der Waals surface area (Å²) >= 11 is 1.69. The van der Waals surface area contributed by atoms with E-state index in [1.54, 1.807) is 24.2 Å². The lowest BCUT2D eigenvalue weighted by Gasteiger charge is -2.12. The van der Waals surface area contributed by atoms with E-state index in [1.165, 1.54) is 0 Å². The molecule has 0 aliphatic rings. The fourth-order valence-electron chi connectivity index (χ4n) is 3.26. The maximum atomic E-state index is 12.8. The van der Waals surface area contributed by atoms with Crippen LogP contribution in [-0.2, 0) is 17.1 Å². The summed E-state index contributed by atoms with van der Waals surface area (Å²) in [5, 5.41) is 2.98. The zero-order valence-electron chi connectivity index (χ0n) is 16.8. The number of para-hydroxylation sites is 2. The predicted molar refractivity (Wildman–Crippen MR) is 121 cm³/mol. The number of aryl methyl sites for hydroxylation is 1. The Hall–Kier alpha value is -3.32. The average Bonchev–Trinajstić information content (AvgIpc) is 3.08. The first kappa shape index (κ1) is 20.0. The van der Waals surface area contributed by atoms with Crippen LogP contribution in [0.3, 0.4) is 0 Å². The number of carbonyl (C=O) groups is 1. The summed E-state index contributed by atoms with van der Waals surface area (Å²) in [6, 6.07) is 17.2. The summed E-state index contributed by atoms with van der Waals surface area (Å²) in [6.45, 7) is 2.16. The second kappa shape index (κ2) is 9.00. The molecule has 30 heavy (non-hydrogen) atoms. The fraction of sp³-hybridized carbons (Fsp3) is 0.174. The Balaban J connectivity index is 1.49. The van der Waals surface area contributed by atoms with Crippen molar-refractivity contribution >= 4 is 34.4 Å². The molecule has 0 spiro atoms. The van der Waals surface area contributed by atoms with Gasteiger partial charge in [0.25, 0.3) is 0 Å². The van der Waals surface area contributed by atoms with Gasteiger partial charge in [0.1, 0.15) is 23.9 Å². The zero-order valence-corrected chi connectivity index (χ0v) is 17.6. The van der Waals surface area contributed by atoms with Gasteiger partial charge in [-0.1, -0.05) is 12.1 Å². The van der Waals surface area contributed by atoms with Crippen molar-refractivity contribution < 1.29 is 9.53 Å². The van der Waals surface area contributed by atoms with E-state index in [-0.39, 0.29) is 12.5 Å². The molecule has 0 aliphatic carbocycles. The molecule has 0 aliphatic heterocycles. The van der Waals surface area contributed by atoms with E-state index in [0.717, 1.165) is 39.6 Å². The monoisotopic (exact) mass is 418 g/mol. The second-order valence-electron chi connectivity index (χ2n) is 6.86. The topological polar surface area (TPSA) is 69.0 Å². The van der Waals surface area contributed by atoms with Gasteiger partial charge in [0.15, 0.2) is 0 Å². The number of carbonyl (C=O) groups excluding carboxylic acids is 1. The van der Waals surface area contributed by atoms with Crippen LogP contribution in [0.25, 0.3) is 11.0 Å². The number of aromatic nitrogens is 3. The third-order valence-electron chi connectivity index (χ3n) is 4.63. The highest BCUT2D eigenvalue weighted by Crippen LogP contribution is 2.27. The number of fused-ring (bicyclic) bond motifs is 1. The van der Waals surface area contributed by atoms with Crippen LogP contribution in [0.2, 0.25) is 0 Å². The van der Waals surface area contributed by atoms with E-state index < -0.39 is 0 Å². The molecule has 1 amide bonds. The first-order valence-corrected chi connectivity index (χ1v) is 10.9. The molecule has 1 N–H and O–H groups in total. The molecule has 2 aromatic carbocycles. The van der Waals surface area contributed by atoms with Crippen molar-refractivity contribution in [2.45, 2.75) is 19.2 Å². The molecule has 0 bridgehead atoms. The Kier molecular flexibility index (Phi) is 5.99. The fourth-order valence-corrected chi connectivity index (χ4v) is 3.74. The van der Waals surface area contributed by atoms with Crippen LogP contribution in [-0.4, -0.2) is 26.7 Å². The van der Waals surface area contributed by atoms with Crippen molar-refractivity contribution in [3.8, 4) is 11.5 Å². The molecule has 152 valence electrons. The number of nitrogens with zero attached hydrogens (tertiary/aromatic N) is 3. The van der Waals surface area contributed by atoms with Crippen LogP contribution in [0.5, 0.6) is 11.5 Å². The van der Waals surface area contributed by atoms with E-state index >= 15 is 0 Å². The van der Waals surface area contributed by atoms with Gasteiger partial charge in [-0.3, -0.25) is 9.78 Å². The van der Waals surface area contributed by atoms with Crippen molar-refractivity contribution in [3.05, 3.63) is 78.4 Å². The first-order valence-electron chi connectivity index (χ1n) is 9.55. The summed E-state index contributed by atoms with van der Waals surface area (Å²) in [7, 11) is 0. The summed E-state index contributed by atoms with van der Waals surface area (Å²) in [4.78, 5) is 21.5. The Morgan fingerprint density at radius 2 is 2.03 bits per heavy atom. The van der Waals surface area contributed by atoms with Crippen molar-refractivity contribution in [3.63, 3.8) is 0 Å². The molecule has 4 aromatic rings. The van der Waals surface area contributed by atoms with E-state index in [1.807, 2.05) is 72.3 Å². The highest BCUT2D eigenvalue weighted by molar-refractivity contribution is 7.97. The number of nitrogens with one attached hydrogen (secondary N) is 1. The Morgan fingerprint density at radius 1 is 1.17 bits per heavy atom. The smallest absolute Gasteiger partial charge is 0.244 e. The number of rotatable bonds is 7. The van der Waals surface area contributed by atoms with Crippen LogP contribution in [0.15, 0.2) is 67.0 Å². The lowest BCUT2D eigenvalue weighted by molar-refractivity contribution is -0.116. The number of amides is 1. The summed E-state index contributed by atoms with van der Waals surface area (Å²) < 4.78 is 7.84. The third kappa shape index (κ3) is 4.46. The highest BCUT2D eigenvalue weighted by Gasteiger charge is 2.14. The lowest BCUT2D eigenvalue weighted by atomic mass is 10.2. The minimum Gasteiger partial charge on any atom is -0.455 e. The Morgan fingerprint density at radius 3 is 2.80 bits per heavy atom. The number of pyridine rings is 1. The van der Waals surface area contributed by atoms with Gasteiger partial charge >= 0.3 is 0 Å². The second-order valence-corrected chi connectivity index (χ2v) is 7.72. The summed E-state index contributed by atoms with van der Waals surface area (Å²) in [5.41, 5.74) is 3.52. The van der Waals surface area contributed by atoms with Gasteiger partial charge in [-0.15, -0.1) is 0 Å². The highest BCUT2D eigenvalue weighted by atomic mass is 32.2. The normalized spacial score (nSPS) is 10.9. The lowest BCUT2D eigenvalue weighted by Crippen LogP contribution is -2.20. The van der Waals surface area contributed by atoms with Crippen LogP contribution in [0, 0.1) is 6.92 Å². The zero-order chi connectivity index (χ0) is 20.9. The molecule has 2 aromatic heterocycles. The van der Waals surface area contributed by atoms with Gasteiger partial charge in [-0.05, 0) is 61.2 Å². The molecule has 6 nitrogen and oxygen atoms in total. The third-order valence-corrected chi connectivity index (χ3v) is 5.18. The van der Waals surface area contributed by atoms with Gasteiger partial charge < -0.3 is 14.6 Å². The molecule has 2 heterocycles. The molecule has 0 unspecified atom stereocenters. The van der Waals surface area contributed by atoms with Gasteiger partial charge in [0, 0.05) is 11.9 Å². The number of hydrogen-bond donors (Lipinski definition) is 1. The Bertz CT molecular complexity index is 1170. The van der Waals surface area contributed by atoms with E-state index in [0.29, 0.717) is 5.75 Å². The van der Waals surface area contributed by atoms with E-state index in [4.69, 9.17) is 4.74 Å². The molecule has 0 radical (unpaired) electrons. The van der Waals surface area contributed by atoms with E-state index in [2.05, 4.69) is 15.3 Å². The van der Waals surface area contributed by atoms with E-state index in [9.17, 15) is 4.79 Å². The van der Waals surface area contributed by atoms with Crippen molar-refractivity contribution in [1.82, 2.24) is 14.5 Å². The predicted octanol–water partition coefficient (Wildman–Crippen LogP) is 5.03. The van der Waals surface area contributed by atoms with Gasteiger partial charge in [-0.25, -0.2) is 4.98 Å². The largest absolute Gasteiger partial charge is 0.455 e. The quantitative estimate of drug-likeness (QED) is 0.456. The van der Waals surface area contributed by atoms with Gasteiger partial charge in [-0.2, -0.15) is 11.8 Å². The number of hydrogen-bond acceptors (Lipinski definition) is 5. The molecule has 7 heteroatoms. The van der Waals surface area contributed by atoms with Crippen LogP contribution < -0.4 is 10.1 Å². The number of benzene rings is 2. The maximum Gasteiger partial charge on any atom is 0.244 e. The minimum atomic E-state index is -0.0965. The number of thioether (sulfide) groups is 1. The van der Waals surface area contributed by atoms with Crippen LogP contribution in [0.1, 0.15) is 11.4 Å². The molecule has 0 saturated heterocycles. The number of anilines is 1. The molecule has 0 atom stereocenters. The summed E-state index contributed by atoms with van der Waals surface area (Å²) in [6.07, 6.45) is 5.39. The minimum absolute atomic E-state index is 0.0965. The van der Waals surface area contributed by atoms with Crippen LogP contribution >= 0.6 is 11.8 Å². The molecule has 0 fully saturated rings. The Labute approximate surface area is 179 Å². The maximum absolute atomic E-state index is 12.8. The molecular weight excluding hydrogens is 396 g/mol.